The second-order valence-corrected chi connectivity index (χ2v) is 7.39. The van der Waals surface area contributed by atoms with Gasteiger partial charge in [0.05, 0.1) is 15.1 Å². The number of rotatable bonds is 4. The van der Waals surface area contributed by atoms with E-state index >= 15 is 0 Å². The minimum atomic E-state index is -3.90. The van der Waals surface area contributed by atoms with Gasteiger partial charge >= 0.3 is 0 Å². The highest BCUT2D eigenvalue weighted by Crippen LogP contribution is 2.18. The van der Waals surface area contributed by atoms with Gasteiger partial charge in [0.2, 0.25) is 4.80 Å². The molecule has 23 heavy (non-hydrogen) atoms. The van der Waals surface area contributed by atoms with Crippen LogP contribution in [0.1, 0.15) is 0 Å². The van der Waals surface area contributed by atoms with Crippen molar-refractivity contribution in [3.05, 3.63) is 71.8 Å². The largest absolute Gasteiger partial charge is 0.312 e. The predicted molar refractivity (Wildman–Crippen MR) is 89.2 cm³/mol. The van der Waals surface area contributed by atoms with E-state index in [2.05, 4.69) is 11.0 Å². The van der Waals surface area contributed by atoms with Gasteiger partial charge < -0.3 is 4.57 Å². The normalized spacial score (nSPS) is 12.7. The first-order valence-corrected chi connectivity index (χ1v) is 9.03. The Labute approximate surface area is 136 Å². The van der Waals surface area contributed by atoms with Crippen LogP contribution in [0.2, 0.25) is 0 Å². The molecule has 7 heteroatoms. The topological polar surface area (TPSA) is 51.4 Å². The molecule has 0 bridgehead atoms. The van der Waals surface area contributed by atoms with Gasteiger partial charge in [0, 0.05) is 6.54 Å². The lowest BCUT2D eigenvalue weighted by Gasteiger charge is -2.01. The number of aromatic nitrogens is 1. The highest BCUT2D eigenvalue weighted by atomic mass is 32.2. The van der Waals surface area contributed by atoms with Crippen molar-refractivity contribution >= 4 is 31.6 Å². The van der Waals surface area contributed by atoms with Crippen LogP contribution in [-0.2, 0) is 16.6 Å². The lowest BCUT2D eigenvalue weighted by Crippen LogP contribution is -2.16. The van der Waals surface area contributed by atoms with E-state index in [0.29, 0.717) is 11.3 Å². The standard InChI is InChI=1S/C16H13FN2O2S2/c1-2-11-19-14-5-3-4-6-15(14)22-16(19)18-23(20,21)13-9-7-12(17)8-10-13/h2-10H,1,11H2. The third-order valence-corrected chi connectivity index (χ3v) is 5.67. The number of sulfonamides is 1. The Hall–Kier alpha value is -2.25. The van der Waals surface area contributed by atoms with Crippen LogP contribution in [0.5, 0.6) is 0 Å². The van der Waals surface area contributed by atoms with Crippen LogP contribution in [-0.4, -0.2) is 13.0 Å². The van der Waals surface area contributed by atoms with E-state index in [0.717, 1.165) is 22.3 Å². The number of thiazole rings is 1. The number of para-hydroxylation sites is 1. The van der Waals surface area contributed by atoms with Crippen molar-refractivity contribution in [3.63, 3.8) is 0 Å². The molecule has 1 heterocycles. The van der Waals surface area contributed by atoms with Crippen LogP contribution in [0.15, 0.2) is 70.5 Å². The van der Waals surface area contributed by atoms with Gasteiger partial charge in [-0.05, 0) is 36.4 Å². The third kappa shape index (κ3) is 3.11. The molecular formula is C16H13FN2O2S2. The number of hydrogen-bond donors (Lipinski definition) is 0. The fraction of sp³-hybridized carbons (Fsp3) is 0.0625. The Morgan fingerprint density at radius 3 is 2.57 bits per heavy atom. The van der Waals surface area contributed by atoms with Crippen LogP contribution in [0, 0.1) is 5.82 Å². The highest BCUT2D eigenvalue weighted by Gasteiger charge is 2.14. The second kappa shape index (κ2) is 6.10. The summed E-state index contributed by atoms with van der Waals surface area (Å²) in [5.74, 6) is -0.493. The molecule has 0 fully saturated rings. The number of hydrogen-bond acceptors (Lipinski definition) is 3. The van der Waals surface area contributed by atoms with E-state index in [-0.39, 0.29) is 4.90 Å². The Bertz CT molecular complexity index is 1030. The summed E-state index contributed by atoms with van der Waals surface area (Å²) in [7, 11) is -3.90. The minimum absolute atomic E-state index is 0.0403. The fourth-order valence-electron chi connectivity index (χ4n) is 2.16. The quantitative estimate of drug-likeness (QED) is 0.679. The zero-order valence-corrected chi connectivity index (χ0v) is 13.6. The van der Waals surface area contributed by atoms with Gasteiger partial charge in [-0.2, -0.15) is 8.42 Å². The first-order chi connectivity index (χ1) is 11.0. The van der Waals surface area contributed by atoms with Gasteiger partial charge in [-0.25, -0.2) is 4.39 Å². The van der Waals surface area contributed by atoms with Gasteiger partial charge in [-0.15, -0.1) is 11.0 Å². The van der Waals surface area contributed by atoms with E-state index in [1.807, 2.05) is 24.3 Å². The van der Waals surface area contributed by atoms with E-state index in [9.17, 15) is 12.8 Å². The van der Waals surface area contributed by atoms with E-state index < -0.39 is 15.8 Å². The Balaban J connectivity index is 2.22. The summed E-state index contributed by atoms with van der Waals surface area (Å²) in [6, 6.07) is 12.2. The van der Waals surface area contributed by atoms with Crippen LogP contribution in [0.25, 0.3) is 10.2 Å². The highest BCUT2D eigenvalue weighted by molar-refractivity contribution is 7.90. The number of fused-ring (bicyclic) bond motifs is 1. The predicted octanol–water partition coefficient (Wildman–Crippen LogP) is 3.32. The van der Waals surface area contributed by atoms with Crippen molar-refractivity contribution < 1.29 is 12.8 Å². The molecule has 0 aliphatic carbocycles. The molecule has 2 aromatic carbocycles. The van der Waals surface area contributed by atoms with Crippen molar-refractivity contribution in [2.45, 2.75) is 11.4 Å². The van der Waals surface area contributed by atoms with Crippen LogP contribution >= 0.6 is 11.3 Å². The molecule has 0 aliphatic rings. The minimum Gasteiger partial charge on any atom is -0.312 e. The van der Waals surface area contributed by atoms with Crippen molar-refractivity contribution in [1.29, 1.82) is 0 Å². The van der Waals surface area contributed by atoms with Gasteiger partial charge in [-0.1, -0.05) is 29.5 Å². The average Bonchev–Trinajstić information content (AvgIpc) is 2.85. The van der Waals surface area contributed by atoms with Crippen molar-refractivity contribution in [2.24, 2.45) is 4.40 Å². The average molecular weight is 348 g/mol. The molecule has 0 spiro atoms. The number of halogens is 1. The van der Waals surface area contributed by atoms with Crippen molar-refractivity contribution in [1.82, 2.24) is 4.57 Å². The maximum atomic E-state index is 13.0. The zero-order chi connectivity index (χ0) is 16.4. The van der Waals surface area contributed by atoms with Crippen molar-refractivity contribution in [3.8, 4) is 0 Å². The fourth-order valence-corrected chi connectivity index (χ4v) is 4.40. The number of nitrogens with zero attached hydrogens (tertiary/aromatic N) is 2. The summed E-state index contributed by atoms with van der Waals surface area (Å²) >= 11 is 1.28. The molecule has 0 unspecified atom stereocenters. The molecular weight excluding hydrogens is 335 g/mol. The third-order valence-electron chi connectivity index (χ3n) is 3.21. The summed E-state index contributed by atoms with van der Waals surface area (Å²) in [6.45, 7) is 4.15. The number of benzene rings is 2. The van der Waals surface area contributed by atoms with E-state index in [1.54, 1.807) is 10.6 Å². The molecule has 118 valence electrons. The summed E-state index contributed by atoms with van der Waals surface area (Å²) in [6.07, 6.45) is 1.68. The van der Waals surface area contributed by atoms with Gasteiger partial charge in [0.15, 0.2) is 0 Å². The summed E-state index contributed by atoms with van der Waals surface area (Å²) in [5, 5.41) is 0. The maximum absolute atomic E-state index is 13.0. The SMILES string of the molecule is C=CCn1c(=NS(=O)(=O)c2ccc(F)cc2)sc2ccccc21. The molecule has 0 radical (unpaired) electrons. The summed E-state index contributed by atoms with van der Waals surface area (Å²) < 4.78 is 44.5. The lowest BCUT2D eigenvalue weighted by atomic mass is 10.3. The second-order valence-electron chi connectivity index (χ2n) is 4.77. The van der Waals surface area contributed by atoms with Gasteiger partial charge in [0.1, 0.15) is 5.82 Å². The molecule has 3 aromatic rings. The summed E-state index contributed by atoms with van der Waals surface area (Å²) in [4.78, 5) is 0.317. The van der Waals surface area contributed by atoms with Crippen LogP contribution in [0.3, 0.4) is 0 Å². The molecule has 0 N–H and O–H groups in total. The Morgan fingerprint density at radius 2 is 1.87 bits per heavy atom. The molecule has 3 rings (SSSR count). The zero-order valence-electron chi connectivity index (χ0n) is 12.0. The van der Waals surface area contributed by atoms with E-state index in [1.165, 1.54) is 23.5 Å². The van der Waals surface area contributed by atoms with Crippen molar-refractivity contribution in [2.75, 3.05) is 0 Å². The molecule has 1 aromatic heterocycles. The first kappa shape index (κ1) is 15.6. The molecule has 0 aliphatic heterocycles. The van der Waals surface area contributed by atoms with Gasteiger partial charge in [-0.3, -0.25) is 0 Å². The molecule has 0 amide bonds. The first-order valence-electron chi connectivity index (χ1n) is 6.77. The molecule has 0 saturated heterocycles. The smallest absolute Gasteiger partial charge is 0.285 e. The maximum Gasteiger partial charge on any atom is 0.285 e. The van der Waals surface area contributed by atoms with Crippen LogP contribution in [0.4, 0.5) is 4.39 Å². The van der Waals surface area contributed by atoms with Crippen LogP contribution < -0.4 is 4.80 Å². The summed E-state index contributed by atoms with van der Waals surface area (Å²) in [5.41, 5.74) is 0.894. The Kier molecular flexibility index (Phi) is 4.14. The molecule has 4 nitrogen and oxygen atoms in total. The Morgan fingerprint density at radius 1 is 1.17 bits per heavy atom. The van der Waals surface area contributed by atoms with Gasteiger partial charge in [0.25, 0.3) is 10.0 Å². The molecule has 0 saturated carbocycles. The van der Waals surface area contributed by atoms with E-state index in [4.69, 9.17) is 0 Å². The lowest BCUT2D eigenvalue weighted by molar-refractivity contribution is 0.594. The molecule has 0 atom stereocenters. The monoisotopic (exact) mass is 348 g/mol. The number of allylic oxidation sites excluding steroid dienone is 1.